The van der Waals surface area contributed by atoms with Crippen LogP contribution < -0.4 is 0 Å². The van der Waals surface area contributed by atoms with Gasteiger partial charge in [0.05, 0.1) is 17.9 Å². The topological polar surface area (TPSA) is 46.6 Å². The molecule has 1 aliphatic heterocycles. The molecule has 1 amide bonds. The van der Waals surface area contributed by atoms with Crippen molar-refractivity contribution in [3.05, 3.63) is 71.5 Å². The van der Waals surface area contributed by atoms with Gasteiger partial charge in [-0.25, -0.2) is 4.39 Å². The third-order valence-electron chi connectivity index (χ3n) is 6.80. The van der Waals surface area contributed by atoms with Gasteiger partial charge in [0, 0.05) is 13.1 Å². The highest BCUT2D eigenvalue weighted by Crippen LogP contribution is 2.46. The van der Waals surface area contributed by atoms with Gasteiger partial charge in [0.1, 0.15) is 5.82 Å². The summed E-state index contributed by atoms with van der Waals surface area (Å²) >= 11 is 0. The zero-order chi connectivity index (χ0) is 20.5. The Hall–Kier alpha value is -2.69. The van der Waals surface area contributed by atoms with Gasteiger partial charge in [0.2, 0.25) is 5.91 Å². The maximum atomic E-state index is 13.8. The van der Waals surface area contributed by atoms with Crippen LogP contribution in [0.15, 0.2) is 54.6 Å². The lowest BCUT2D eigenvalue weighted by atomic mass is 9.63. The van der Waals surface area contributed by atoms with Gasteiger partial charge in [0.25, 0.3) is 0 Å². The van der Waals surface area contributed by atoms with Crippen LogP contribution in [0, 0.1) is 5.82 Å². The summed E-state index contributed by atoms with van der Waals surface area (Å²) in [7, 11) is 1.41. The maximum absolute atomic E-state index is 13.8. The van der Waals surface area contributed by atoms with Crippen LogP contribution in [-0.4, -0.2) is 37.0 Å². The van der Waals surface area contributed by atoms with Gasteiger partial charge < -0.3 is 9.64 Å². The van der Waals surface area contributed by atoms with Gasteiger partial charge >= 0.3 is 5.97 Å². The molecular weight excluding hydrogens is 369 g/mol. The molecule has 0 unspecified atom stereocenters. The molecule has 4 rings (SSSR count). The Morgan fingerprint density at radius 1 is 0.897 bits per heavy atom. The molecule has 2 aromatic carbocycles. The van der Waals surface area contributed by atoms with E-state index in [0.717, 1.165) is 30.4 Å². The summed E-state index contributed by atoms with van der Waals surface area (Å²) in [5, 5.41) is 0. The van der Waals surface area contributed by atoms with Crippen LogP contribution in [0.1, 0.15) is 43.2 Å². The van der Waals surface area contributed by atoms with Crippen LogP contribution in [0.2, 0.25) is 0 Å². The Morgan fingerprint density at radius 2 is 1.55 bits per heavy atom. The second-order valence-corrected chi connectivity index (χ2v) is 8.18. The summed E-state index contributed by atoms with van der Waals surface area (Å²) < 4.78 is 18.9. The maximum Gasteiger partial charge on any atom is 0.316 e. The predicted molar refractivity (Wildman–Crippen MR) is 108 cm³/mol. The first-order valence-corrected chi connectivity index (χ1v) is 10.2. The van der Waals surface area contributed by atoms with Gasteiger partial charge in [0.15, 0.2) is 0 Å². The van der Waals surface area contributed by atoms with E-state index in [2.05, 4.69) is 0 Å². The first kappa shape index (κ1) is 19.6. The van der Waals surface area contributed by atoms with Gasteiger partial charge in [-0.1, -0.05) is 48.9 Å². The van der Waals surface area contributed by atoms with Crippen molar-refractivity contribution in [1.29, 1.82) is 0 Å². The third-order valence-corrected chi connectivity index (χ3v) is 6.80. The largest absolute Gasteiger partial charge is 0.468 e. The number of methoxy groups -OCH3 is 1. The average molecular weight is 395 g/mol. The molecule has 0 N–H and O–H groups in total. The van der Waals surface area contributed by atoms with Gasteiger partial charge in [-0.3, -0.25) is 9.59 Å². The van der Waals surface area contributed by atoms with E-state index < -0.39 is 10.8 Å². The van der Waals surface area contributed by atoms with E-state index in [1.165, 1.54) is 19.2 Å². The zero-order valence-corrected chi connectivity index (χ0v) is 16.7. The highest BCUT2D eigenvalue weighted by atomic mass is 19.1. The van der Waals surface area contributed by atoms with Crippen LogP contribution in [0.4, 0.5) is 4.39 Å². The SMILES string of the molecule is COC(=O)C1(c2ccccc2)CCN(C(=O)C2(c3cccc(F)c3)CCC2)CC1. The highest BCUT2D eigenvalue weighted by molar-refractivity contribution is 5.90. The first-order valence-electron chi connectivity index (χ1n) is 10.2. The number of rotatable bonds is 4. The summed E-state index contributed by atoms with van der Waals surface area (Å²) in [5.41, 5.74) is 0.350. The molecule has 2 aromatic rings. The minimum absolute atomic E-state index is 0.0564. The van der Waals surface area contributed by atoms with Crippen LogP contribution in [0.5, 0.6) is 0 Å². The fourth-order valence-corrected chi connectivity index (χ4v) is 4.90. The quantitative estimate of drug-likeness (QED) is 0.736. The molecule has 0 atom stereocenters. The van der Waals surface area contributed by atoms with Gasteiger partial charge in [-0.2, -0.15) is 0 Å². The zero-order valence-electron chi connectivity index (χ0n) is 16.7. The minimum Gasteiger partial charge on any atom is -0.468 e. The number of piperidine rings is 1. The molecule has 0 bridgehead atoms. The van der Waals surface area contributed by atoms with Crippen molar-refractivity contribution in [1.82, 2.24) is 4.90 Å². The molecule has 0 radical (unpaired) electrons. The lowest BCUT2D eigenvalue weighted by Gasteiger charge is -2.47. The molecule has 2 fully saturated rings. The summed E-state index contributed by atoms with van der Waals surface area (Å²) in [5.74, 6) is -0.505. The first-order chi connectivity index (χ1) is 14.0. The van der Waals surface area contributed by atoms with Crippen molar-refractivity contribution < 1.29 is 18.7 Å². The van der Waals surface area contributed by atoms with E-state index in [1.54, 1.807) is 6.07 Å². The molecule has 1 saturated heterocycles. The third kappa shape index (κ3) is 3.22. The number of esters is 1. The molecule has 4 nitrogen and oxygen atoms in total. The molecule has 0 spiro atoms. The number of nitrogens with zero attached hydrogens (tertiary/aromatic N) is 1. The Balaban J connectivity index is 1.57. The fourth-order valence-electron chi connectivity index (χ4n) is 4.90. The highest BCUT2D eigenvalue weighted by Gasteiger charge is 2.51. The summed E-state index contributed by atoms with van der Waals surface area (Å²) in [6, 6.07) is 16.1. The molecule has 29 heavy (non-hydrogen) atoms. The normalized spacial score (nSPS) is 19.9. The summed E-state index contributed by atoms with van der Waals surface area (Å²) in [4.78, 5) is 28.1. The molecule has 152 valence electrons. The Kier molecular flexibility index (Phi) is 5.15. The predicted octanol–water partition coefficient (Wildman–Crippen LogP) is 3.98. The van der Waals surface area contributed by atoms with Crippen molar-refractivity contribution in [2.24, 2.45) is 0 Å². The van der Waals surface area contributed by atoms with Gasteiger partial charge in [-0.15, -0.1) is 0 Å². The number of carbonyl (C=O) groups is 2. The summed E-state index contributed by atoms with van der Waals surface area (Å²) in [6.45, 7) is 0.972. The van der Waals surface area contributed by atoms with Crippen molar-refractivity contribution in [3.63, 3.8) is 0 Å². The molecule has 5 heteroatoms. The van der Waals surface area contributed by atoms with Crippen LogP contribution >= 0.6 is 0 Å². The van der Waals surface area contributed by atoms with E-state index >= 15 is 0 Å². The van der Waals surface area contributed by atoms with Crippen LogP contribution in [-0.2, 0) is 25.2 Å². The van der Waals surface area contributed by atoms with Crippen molar-refractivity contribution >= 4 is 11.9 Å². The number of amides is 1. The van der Waals surface area contributed by atoms with Crippen molar-refractivity contribution in [2.45, 2.75) is 42.9 Å². The van der Waals surface area contributed by atoms with E-state index in [1.807, 2.05) is 41.3 Å². The Bertz CT molecular complexity index is 899. The smallest absolute Gasteiger partial charge is 0.316 e. The average Bonchev–Trinajstić information content (AvgIpc) is 2.73. The number of hydrogen-bond acceptors (Lipinski definition) is 3. The fraction of sp³-hybridized carbons (Fsp3) is 0.417. The van der Waals surface area contributed by atoms with Crippen LogP contribution in [0.25, 0.3) is 0 Å². The summed E-state index contributed by atoms with van der Waals surface area (Å²) in [6.07, 6.45) is 3.49. The van der Waals surface area contributed by atoms with E-state index in [-0.39, 0.29) is 17.7 Å². The lowest BCUT2D eigenvalue weighted by molar-refractivity contribution is -0.153. The standard InChI is InChI=1S/C24H26FNO3/c1-29-22(28)24(18-7-3-2-4-8-18)13-15-26(16-14-24)21(27)23(11-6-12-23)19-9-5-10-20(25)17-19/h2-5,7-10,17H,6,11-16H2,1H3. The van der Waals surface area contributed by atoms with Gasteiger partial charge in [-0.05, 0) is 48.9 Å². The monoisotopic (exact) mass is 395 g/mol. The molecule has 1 aliphatic carbocycles. The van der Waals surface area contributed by atoms with E-state index in [4.69, 9.17) is 4.74 Å². The van der Waals surface area contributed by atoms with Crippen molar-refractivity contribution in [2.75, 3.05) is 20.2 Å². The molecule has 0 aromatic heterocycles. The number of carbonyl (C=O) groups excluding carboxylic acids is 2. The van der Waals surface area contributed by atoms with Crippen molar-refractivity contribution in [3.8, 4) is 0 Å². The number of likely N-dealkylation sites (tertiary alicyclic amines) is 1. The van der Waals surface area contributed by atoms with E-state index in [0.29, 0.717) is 25.9 Å². The molecule has 1 saturated carbocycles. The second-order valence-electron chi connectivity index (χ2n) is 8.18. The molecule has 1 heterocycles. The Labute approximate surface area is 170 Å². The number of halogens is 1. The number of benzene rings is 2. The second kappa shape index (κ2) is 7.62. The number of hydrogen-bond donors (Lipinski definition) is 0. The number of ether oxygens (including phenoxy) is 1. The Morgan fingerprint density at radius 3 is 2.10 bits per heavy atom. The molecular formula is C24H26FNO3. The van der Waals surface area contributed by atoms with E-state index in [9.17, 15) is 14.0 Å². The lowest BCUT2D eigenvalue weighted by Crippen LogP contribution is -2.56. The van der Waals surface area contributed by atoms with Crippen LogP contribution in [0.3, 0.4) is 0 Å². The minimum atomic E-state index is -0.724. The molecule has 2 aliphatic rings.